The van der Waals surface area contributed by atoms with Crippen LogP contribution in [0.3, 0.4) is 0 Å². The van der Waals surface area contributed by atoms with Gasteiger partial charge in [-0.2, -0.15) is 0 Å². The van der Waals surface area contributed by atoms with Crippen LogP contribution in [0.4, 0.5) is 10.5 Å². The Hall–Kier alpha value is -2.86. The van der Waals surface area contributed by atoms with Crippen molar-refractivity contribution < 1.29 is 14.3 Å². The quantitative estimate of drug-likeness (QED) is 0.839. The molecule has 0 aliphatic carbocycles. The molecule has 0 radical (unpaired) electrons. The lowest BCUT2D eigenvalue weighted by atomic mass is 9.96. The molecule has 158 valence electrons. The Kier molecular flexibility index (Phi) is 6.64. The maximum atomic E-state index is 13.1. The average molecular weight is 408 g/mol. The number of nitrogens with zero attached hydrogens (tertiary/aromatic N) is 2. The van der Waals surface area contributed by atoms with Gasteiger partial charge in [-0.15, -0.1) is 0 Å². The highest BCUT2D eigenvalue weighted by Gasteiger charge is 2.27. The standard InChI is InChI=1S/C24H29N3O3/c28-23(26-13-15-30-16-14-26)20-9-6-10-21(18-20)25-24(29)27-12-5-4-11-22(27)17-19-7-2-1-3-8-19/h1-3,6-10,18,22H,4-5,11-17H2,(H,25,29). The lowest BCUT2D eigenvalue weighted by molar-refractivity contribution is 0.0303. The van der Waals surface area contributed by atoms with Gasteiger partial charge in [-0.1, -0.05) is 36.4 Å². The summed E-state index contributed by atoms with van der Waals surface area (Å²) in [6.45, 7) is 3.10. The van der Waals surface area contributed by atoms with E-state index in [1.807, 2.05) is 35.2 Å². The number of benzene rings is 2. The predicted octanol–water partition coefficient (Wildman–Crippen LogP) is 3.79. The minimum Gasteiger partial charge on any atom is -0.378 e. The van der Waals surface area contributed by atoms with E-state index in [4.69, 9.17) is 4.74 Å². The number of piperidine rings is 1. The number of carbonyl (C=O) groups is 2. The molecule has 0 saturated carbocycles. The predicted molar refractivity (Wildman–Crippen MR) is 117 cm³/mol. The number of carbonyl (C=O) groups excluding carboxylic acids is 2. The molecule has 2 aliphatic heterocycles. The molecule has 3 amide bonds. The third-order valence-corrected chi connectivity index (χ3v) is 5.86. The van der Waals surface area contributed by atoms with Gasteiger partial charge in [0.2, 0.25) is 0 Å². The number of ether oxygens (including phenoxy) is 1. The Morgan fingerprint density at radius 1 is 0.967 bits per heavy atom. The summed E-state index contributed by atoms with van der Waals surface area (Å²) in [4.78, 5) is 29.5. The molecule has 4 rings (SSSR count). The second kappa shape index (κ2) is 9.76. The number of urea groups is 1. The summed E-state index contributed by atoms with van der Waals surface area (Å²) in [5.74, 6) is -0.0191. The minimum absolute atomic E-state index is 0.0191. The van der Waals surface area contributed by atoms with Gasteiger partial charge in [0.05, 0.1) is 13.2 Å². The van der Waals surface area contributed by atoms with E-state index in [2.05, 4.69) is 17.4 Å². The molecule has 6 nitrogen and oxygen atoms in total. The van der Waals surface area contributed by atoms with Gasteiger partial charge in [-0.05, 0) is 49.4 Å². The molecule has 2 aromatic rings. The van der Waals surface area contributed by atoms with Crippen LogP contribution in [0.2, 0.25) is 0 Å². The number of likely N-dealkylation sites (tertiary alicyclic amines) is 1. The summed E-state index contributed by atoms with van der Waals surface area (Å²) in [7, 11) is 0. The Morgan fingerprint density at radius 3 is 2.57 bits per heavy atom. The van der Waals surface area contributed by atoms with Crippen LogP contribution in [0, 0.1) is 0 Å². The van der Waals surface area contributed by atoms with E-state index < -0.39 is 0 Å². The monoisotopic (exact) mass is 407 g/mol. The van der Waals surface area contributed by atoms with Crippen molar-refractivity contribution in [2.75, 3.05) is 38.2 Å². The van der Waals surface area contributed by atoms with Gasteiger partial charge >= 0.3 is 6.03 Å². The van der Waals surface area contributed by atoms with Gasteiger partial charge < -0.3 is 19.9 Å². The first-order valence-corrected chi connectivity index (χ1v) is 10.8. The molecule has 0 spiro atoms. The average Bonchev–Trinajstić information content (AvgIpc) is 2.80. The Labute approximate surface area is 177 Å². The van der Waals surface area contributed by atoms with Crippen molar-refractivity contribution in [1.29, 1.82) is 0 Å². The lowest BCUT2D eigenvalue weighted by Gasteiger charge is -2.36. The molecular formula is C24H29N3O3. The molecule has 1 N–H and O–H groups in total. The van der Waals surface area contributed by atoms with E-state index in [0.717, 1.165) is 32.2 Å². The van der Waals surface area contributed by atoms with Crippen molar-refractivity contribution in [2.45, 2.75) is 31.7 Å². The van der Waals surface area contributed by atoms with Crippen LogP contribution in [-0.2, 0) is 11.2 Å². The molecule has 1 unspecified atom stereocenters. The number of nitrogens with one attached hydrogen (secondary N) is 1. The largest absolute Gasteiger partial charge is 0.378 e. The number of hydrogen-bond acceptors (Lipinski definition) is 3. The highest BCUT2D eigenvalue weighted by atomic mass is 16.5. The van der Waals surface area contributed by atoms with E-state index in [1.54, 1.807) is 17.0 Å². The molecule has 2 aromatic carbocycles. The van der Waals surface area contributed by atoms with Crippen molar-refractivity contribution in [3.63, 3.8) is 0 Å². The van der Waals surface area contributed by atoms with Crippen LogP contribution in [0.25, 0.3) is 0 Å². The van der Waals surface area contributed by atoms with E-state index in [1.165, 1.54) is 5.56 Å². The first-order valence-electron chi connectivity index (χ1n) is 10.8. The molecule has 1 atom stereocenters. The van der Waals surface area contributed by atoms with Crippen LogP contribution in [-0.4, -0.2) is 60.6 Å². The topological polar surface area (TPSA) is 61.9 Å². The summed E-state index contributed by atoms with van der Waals surface area (Å²) >= 11 is 0. The van der Waals surface area contributed by atoms with Crippen molar-refractivity contribution in [3.8, 4) is 0 Å². The molecule has 2 saturated heterocycles. The summed E-state index contributed by atoms with van der Waals surface area (Å²) in [5.41, 5.74) is 2.50. The van der Waals surface area contributed by atoms with E-state index in [-0.39, 0.29) is 18.0 Å². The molecule has 0 bridgehead atoms. The molecule has 2 heterocycles. The highest BCUT2D eigenvalue weighted by molar-refractivity contribution is 5.97. The summed E-state index contributed by atoms with van der Waals surface area (Å²) < 4.78 is 5.33. The number of amides is 3. The van der Waals surface area contributed by atoms with Crippen LogP contribution in [0.1, 0.15) is 35.2 Å². The van der Waals surface area contributed by atoms with Crippen LogP contribution in [0.5, 0.6) is 0 Å². The second-order valence-corrected chi connectivity index (χ2v) is 7.95. The second-order valence-electron chi connectivity index (χ2n) is 7.95. The van der Waals surface area contributed by atoms with E-state index >= 15 is 0 Å². The fourth-order valence-corrected chi connectivity index (χ4v) is 4.24. The van der Waals surface area contributed by atoms with Crippen molar-refractivity contribution in [1.82, 2.24) is 9.80 Å². The number of anilines is 1. The molecule has 30 heavy (non-hydrogen) atoms. The first kappa shape index (κ1) is 20.4. The highest BCUT2D eigenvalue weighted by Crippen LogP contribution is 2.22. The number of morpholine rings is 1. The molecule has 0 aromatic heterocycles. The van der Waals surface area contributed by atoms with E-state index in [9.17, 15) is 9.59 Å². The third-order valence-electron chi connectivity index (χ3n) is 5.86. The first-order chi connectivity index (χ1) is 14.7. The zero-order chi connectivity index (χ0) is 20.8. The van der Waals surface area contributed by atoms with Gasteiger partial charge in [-0.3, -0.25) is 4.79 Å². The molecule has 6 heteroatoms. The zero-order valence-corrected chi connectivity index (χ0v) is 17.3. The Balaban J connectivity index is 1.42. The maximum Gasteiger partial charge on any atom is 0.322 e. The third kappa shape index (κ3) is 5.00. The van der Waals surface area contributed by atoms with Crippen molar-refractivity contribution in [3.05, 3.63) is 65.7 Å². The van der Waals surface area contributed by atoms with Gasteiger partial charge in [0.15, 0.2) is 0 Å². The van der Waals surface area contributed by atoms with Gasteiger partial charge in [0, 0.05) is 36.9 Å². The fourth-order valence-electron chi connectivity index (χ4n) is 4.24. The van der Waals surface area contributed by atoms with Gasteiger partial charge in [-0.25, -0.2) is 4.79 Å². The summed E-state index contributed by atoms with van der Waals surface area (Å²) in [6.07, 6.45) is 4.04. The Bertz CT molecular complexity index is 865. The fraction of sp³-hybridized carbons (Fsp3) is 0.417. The molecule has 2 fully saturated rings. The SMILES string of the molecule is O=C(c1cccc(NC(=O)N2CCCCC2Cc2ccccc2)c1)N1CCOCC1. The van der Waals surface area contributed by atoms with E-state index in [0.29, 0.717) is 37.6 Å². The number of rotatable bonds is 4. The van der Waals surface area contributed by atoms with Crippen LogP contribution < -0.4 is 5.32 Å². The normalized spacial score (nSPS) is 19.4. The van der Waals surface area contributed by atoms with Crippen LogP contribution >= 0.6 is 0 Å². The minimum atomic E-state index is -0.0911. The van der Waals surface area contributed by atoms with Gasteiger partial charge in [0.1, 0.15) is 0 Å². The smallest absolute Gasteiger partial charge is 0.322 e. The summed E-state index contributed by atoms with van der Waals surface area (Å²) in [6, 6.07) is 17.7. The summed E-state index contributed by atoms with van der Waals surface area (Å²) in [5, 5.41) is 3.02. The lowest BCUT2D eigenvalue weighted by Crippen LogP contribution is -2.47. The zero-order valence-electron chi connectivity index (χ0n) is 17.3. The van der Waals surface area contributed by atoms with Gasteiger partial charge in [0.25, 0.3) is 5.91 Å². The number of hydrogen-bond donors (Lipinski definition) is 1. The van der Waals surface area contributed by atoms with Crippen molar-refractivity contribution in [2.24, 2.45) is 0 Å². The molecule has 2 aliphatic rings. The Morgan fingerprint density at radius 2 is 1.77 bits per heavy atom. The molecular weight excluding hydrogens is 378 g/mol. The van der Waals surface area contributed by atoms with Crippen LogP contribution in [0.15, 0.2) is 54.6 Å². The maximum absolute atomic E-state index is 13.1. The van der Waals surface area contributed by atoms with Crippen molar-refractivity contribution >= 4 is 17.6 Å².